The standard InChI is InChI=1S/C15H19N3O2S/c16-10-12-3-4-14(20-12)15(19)18-7-5-17(6-8-18)11-13-2-1-9-21-13/h1-4,9H,5-8,10-11,16H2. The number of piperazine rings is 1. The molecule has 2 aromatic heterocycles. The van der Waals surface area contributed by atoms with Crippen LogP contribution in [0.2, 0.25) is 0 Å². The van der Waals surface area contributed by atoms with Crippen molar-refractivity contribution in [3.8, 4) is 0 Å². The zero-order chi connectivity index (χ0) is 14.7. The Balaban J connectivity index is 1.54. The van der Waals surface area contributed by atoms with Crippen LogP contribution in [-0.2, 0) is 13.1 Å². The Bertz CT molecular complexity index is 586. The first-order chi connectivity index (χ1) is 10.3. The first kappa shape index (κ1) is 14.3. The van der Waals surface area contributed by atoms with Crippen LogP contribution >= 0.6 is 11.3 Å². The molecule has 1 aliphatic rings. The number of hydrogen-bond acceptors (Lipinski definition) is 5. The zero-order valence-corrected chi connectivity index (χ0v) is 12.6. The van der Waals surface area contributed by atoms with Gasteiger partial charge in [-0.1, -0.05) is 6.07 Å². The van der Waals surface area contributed by atoms with Crippen LogP contribution in [0, 0.1) is 0 Å². The number of furan rings is 1. The van der Waals surface area contributed by atoms with E-state index in [2.05, 4.69) is 22.4 Å². The average molecular weight is 305 g/mol. The van der Waals surface area contributed by atoms with Crippen molar-refractivity contribution in [2.24, 2.45) is 5.73 Å². The van der Waals surface area contributed by atoms with Crippen LogP contribution in [0.25, 0.3) is 0 Å². The summed E-state index contributed by atoms with van der Waals surface area (Å²) in [6.45, 7) is 4.56. The van der Waals surface area contributed by atoms with E-state index in [-0.39, 0.29) is 5.91 Å². The molecule has 5 nitrogen and oxygen atoms in total. The fraction of sp³-hybridized carbons (Fsp3) is 0.400. The maximum atomic E-state index is 12.3. The minimum absolute atomic E-state index is 0.0366. The molecule has 0 atom stereocenters. The van der Waals surface area contributed by atoms with Crippen molar-refractivity contribution in [2.75, 3.05) is 26.2 Å². The van der Waals surface area contributed by atoms with Crippen molar-refractivity contribution >= 4 is 17.2 Å². The third kappa shape index (κ3) is 3.34. The van der Waals surface area contributed by atoms with E-state index >= 15 is 0 Å². The molecule has 0 spiro atoms. The van der Waals surface area contributed by atoms with Gasteiger partial charge in [0, 0.05) is 37.6 Å². The van der Waals surface area contributed by atoms with Gasteiger partial charge in [0.05, 0.1) is 6.54 Å². The Kier molecular flexibility index (Phi) is 4.38. The third-order valence-electron chi connectivity index (χ3n) is 3.69. The van der Waals surface area contributed by atoms with Crippen LogP contribution in [0.4, 0.5) is 0 Å². The van der Waals surface area contributed by atoms with Crippen LogP contribution in [0.1, 0.15) is 21.2 Å². The van der Waals surface area contributed by atoms with E-state index in [1.54, 1.807) is 23.5 Å². The minimum atomic E-state index is -0.0366. The molecule has 3 rings (SSSR count). The van der Waals surface area contributed by atoms with Crippen molar-refractivity contribution in [1.82, 2.24) is 9.80 Å². The lowest BCUT2D eigenvalue weighted by atomic mass is 10.2. The summed E-state index contributed by atoms with van der Waals surface area (Å²) in [6, 6.07) is 7.70. The Hall–Kier alpha value is -1.63. The van der Waals surface area contributed by atoms with Gasteiger partial charge in [-0.2, -0.15) is 0 Å². The number of amides is 1. The lowest BCUT2D eigenvalue weighted by Gasteiger charge is -2.34. The smallest absolute Gasteiger partial charge is 0.289 e. The van der Waals surface area contributed by atoms with Crippen molar-refractivity contribution in [2.45, 2.75) is 13.1 Å². The second-order valence-corrected chi connectivity index (χ2v) is 6.15. The highest BCUT2D eigenvalue weighted by atomic mass is 32.1. The summed E-state index contributed by atoms with van der Waals surface area (Å²) in [5, 5.41) is 2.10. The average Bonchev–Trinajstić information content (AvgIpc) is 3.18. The van der Waals surface area contributed by atoms with Crippen molar-refractivity contribution < 1.29 is 9.21 Å². The van der Waals surface area contributed by atoms with Crippen molar-refractivity contribution in [1.29, 1.82) is 0 Å². The first-order valence-electron chi connectivity index (χ1n) is 7.09. The Labute approximate surface area is 127 Å². The summed E-state index contributed by atoms with van der Waals surface area (Å²) in [6.07, 6.45) is 0. The lowest BCUT2D eigenvalue weighted by molar-refractivity contribution is 0.0597. The predicted octanol–water partition coefficient (Wildman–Crippen LogP) is 1.76. The quantitative estimate of drug-likeness (QED) is 0.935. The van der Waals surface area contributed by atoms with E-state index in [9.17, 15) is 4.79 Å². The molecule has 1 saturated heterocycles. The van der Waals surface area contributed by atoms with Gasteiger partial charge < -0.3 is 15.1 Å². The maximum absolute atomic E-state index is 12.3. The largest absolute Gasteiger partial charge is 0.455 e. The SMILES string of the molecule is NCc1ccc(C(=O)N2CCN(Cc3cccs3)CC2)o1. The molecule has 6 heteroatoms. The highest BCUT2D eigenvalue weighted by Crippen LogP contribution is 2.15. The Morgan fingerprint density at radius 2 is 2.05 bits per heavy atom. The number of nitrogens with zero attached hydrogens (tertiary/aromatic N) is 2. The van der Waals surface area contributed by atoms with Gasteiger partial charge in [-0.3, -0.25) is 9.69 Å². The Morgan fingerprint density at radius 1 is 1.24 bits per heavy atom. The van der Waals surface area contributed by atoms with Crippen molar-refractivity contribution in [3.05, 3.63) is 46.0 Å². The monoisotopic (exact) mass is 305 g/mol. The number of rotatable bonds is 4. The van der Waals surface area contributed by atoms with Crippen LogP contribution in [0.3, 0.4) is 0 Å². The summed E-state index contributed by atoms with van der Waals surface area (Å²) in [5.74, 6) is 1.00. The molecule has 2 aromatic rings. The van der Waals surface area contributed by atoms with Crippen LogP contribution < -0.4 is 5.73 Å². The third-order valence-corrected chi connectivity index (χ3v) is 4.55. The number of hydrogen-bond donors (Lipinski definition) is 1. The highest BCUT2D eigenvalue weighted by molar-refractivity contribution is 7.09. The van der Waals surface area contributed by atoms with Gasteiger partial charge in [0.2, 0.25) is 0 Å². The number of nitrogens with two attached hydrogens (primary N) is 1. The molecule has 1 fully saturated rings. The summed E-state index contributed by atoms with van der Waals surface area (Å²) >= 11 is 1.78. The molecule has 0 aromatic carbocycles. The lowest BCUT2D eigenvalue weighted by Crippen LogP contribution is -2.48. The summed E-state index contributed by atoms with van der Waals surface area (Å²) < 4.78 is 5.43. The minimum Gasteiger partial charge on any atom is -0.455 e. The summed E-state index contributed by atoms with van der Waals surface area (Å²) in [4.78, 5) is 17.9. The van der Waals surface area contributed by atoms with Crippen molar-refractivity contribution in [3.63, 3.8) is 0 Å². The summed E-state index contributed by atoms with van der Waals surface area (Å²) in [7, 11) is 0. The maximum Gasteiger partial charge on any atom is 0.289 e. The molecule has 21 heavy (non-hydrogen) atoms. The number of carbonyl (C=O) groups is 1. The van der Waals surface area contributed by atoms with E-state index in [4.69, 9.17) is 10.2 Å². The van der Waals surface area contributed by atoms with Gasteiger partial charge in [0.15, 0.2) is 5.76 Å². The molecule has 0 unspecified atom stereocenters. The van der Waals surface area contributed by atoms with Gasteiger partial charge >= 0.3 is 0 Å². The summed E-state index contributed by atoms with van der Waals surface area (Å²) in [5.41, 5.74) is 5.50. The molecule has 3 heterocycles. The molecular formula is C15H19N3O2S. The first-order valence-corrected chi connectivity index (χ1v) is 7.97. The normalized spacial score (nSPS) is 16.3. The molecule has 1 aliphatic heterocycles. The number of carbonyl (C=O) groups excluding carboxylic acids is 1. The zero-order valence-electron chi connectivity index (χ0n) is 11.8. The number of thiophene rings is 1. The van der Waals surface area contributed by atoms with E-state index in [0.717, 1.165) is 32.7 Å². The van der Waals surface area contributed by atoms with Crippen LogP contribution in [0.15, 0.2) is 34.1 Å². The van der Waals surface area contributed by atoms with E-state index in [1.165, 1.54) is 4.88 Å². The topological polar surface area (TPSA) is 62.7 Å². The molecule has 0 aliphatic carbocycles. The van der Waals surface area contributed by atoms with Crippen LogP contribution in [-0.4, -0.2) is 41.9 Å². The van der Waals surface area contributed by atoms with E-state index in [1.807, 2.05) is 4.90 Å². The highest BCUT2D eigenvalue weighted by Gasteiger charge is 2.24. The fourth-order valence-electron chi connectivity index (χ4n) is 2.49. The van der Waals surface area contributed by atoms with Gasteiger partial charge in [-0.25, -0.2) is 0 Å². The van der Waals surface area contributed by atoms with Gasteiger partial charge in [-0.05, 0) is 23.6 Å². The second kappa shape index (κ2) is 6.43. The van der Waals surface area contributed by atoms with Gasteiger partial charge in [-0.15, -0.1) is 11.3 Å². The predicted molar refractivity (Wildman–Crippen MR) is 82.1 cm³/mol. The van der Waals surface area contributed by atoms with E-state index < -0.39 is 0 Å². The molecule has 0 saturated carbocycles. The van der Waals surface area contributed by atoms with Crippen LogP contribution in [0.5, 0.6) is 0 Å². The molecule has 112 valence electrons. The molecule has 2 N–H and O–H groups in total. The fourth-order valence-corrected chi connectivity index (χ4v) is 3.24. The Morgan fingerprint density at radius 3 is 2.67 bits per heavy atom. The molecule has 0 bridgehead atoms. The molecule has 1 amide bonds. The van der Waals surface area contributed by atoms with Gasteiger partial charge in [0.25, 0.3) is 5.91 Å². The van der Waals surface area contributed by atoms with E-state index in [0.29, 0.717) is 18.1 Å². The second-order valence-electron chi connectivity index (χ2n) is 5.12. The van der Waals surface area contributed by atoms with Gasteiger partial charge in [0.1, 0.15) is 5.76 Å². The molecule has 0 radical (unpaired) electrons. The molecular weight excluding hydrogens is 286 g/mol.